The summed E-state index contributed by atoms with van der Waals surface area (Å²) in [6.07, 6.45) is 2.43. The van der Waals surface area contributed by atoms with E-state index in [0.29, 0.717) is 17.7 Å². The molecule has 2 aromatic rings. The van der Waals surface area contributed by atoms with Gasteiger partial charge in [0.2, 0.25) is 0 Å². The fourth-order valence-corrected chi connectivity index (χ4v) is 3.92. The van der Waals surface area contributed by atoms with Crippen molar-refractivity contribution in [3.05, 3.63) is 70.8 Å². The predicted molar refractivity (Wildman–Crippen MR) is 97.9 cm³/mol. The fourth-order valence-electron chi connectivity index (χ4n) is 3.92. The summed E-state index contributed by atoms with van der Waals surface area (Å²) in [7, 11) is 0. The molecule has 0 aromatic heterocycles. The van der Waals surface area contributed by atoms with Gasteiger partial charge in [-0.2, -0.15) is 0 Å². The molecule has 5 nitrogen and oxygen atoms in total. The second kappa shape index (κ2) is 7.02. The van der Waals surface area contributed by atoms with E-state index in [1.165, 1.54) is 11.1 Å². The Labute approximate surface area is 152 Å². The lowest BCUT2D eigenvalue weighted by molar-refractivity contribution is 0.0540. The number of hydrogen-bond acceptors (Lipinski definition) is 4. The average molecular weight is 350 g/mol. The molecule has 2 atom stereocenters. The topological polar surface area (TPSA) is 69.6 Å². The van der Waals surface area contributed by atoms with E-state index in [2.05, 4.69) is 23.5 Å². The quantitative estimate of drug-likeness (QED) is 0.812. The van der Waals surface area contributed by atoms with Gasteiger partial charge in [-0.3, -0.25) is 14.5 Å². The number of aliphatic hydroxyl groups is 1. The summed E-state index contributed by atoms with van der Waals surface area (Å²) in [6, 6.07) is 15.4. The highest BCUT2D eigenvalue weighted by atomic mass is 16.3. The smallest absolute Gasteiger partial charge is 0.261 e. The lowest BCUT2D eigenvalue weighted by Crippen LogP contribution is -2.42. The maximum atomic E-state index is 12.4. The van der Waals surface area contributed by atoms with Crippen molar-refractivity contribution in [3.8, 4) is 0 Å². The Morgan fingerprint density at radius 2 is 1.69 bits per heavy atom. The van der Waals surface area contributed by atoms with Crippen LogP contribution >= 0.6 is 0 Å². The largest absolute Gasteiger partial charge is 0.390 e. The number of benzene rings is 2. The highest BCUT2D eigenvalue weighted by Crippen LogP contribution is 2.29. The summed E-state index contributed by atoms with van der Waals surface area (Å²) >= 11 is 0. The Morgan fingerprint density at radius 3 is 2.42 bits per heavy atom. The Bertz CT molecular complexity index is 814. The molecular weight excluding hydrogens is 328 g/mol. The molecule has 2 unspecified atom stereocenters. The summed E-state index contributed by atoms with van der Waals surface area (Å²) in [5, 5.41) is 13.8. The van der Waals surface area contributed by atoms with E-state index in [-0.39, 0.29) is 24.4 Å². The number of imide groups is 1. The van der Waals surface area contributed by atoms with Crippen molar-refractivity contribution in [1.82, 2.24) is 10.2 Å². The van der Waals surface area contributed by atoms with E-state index >= 15 is 0 Å². The second-order valence-electron chi connectivity index (χ2n) is 6.97. The van der Waals surface area contributed by atoms with Crippen LogP contribution in [-0.2, 0) is 6.42 Å². The molecule has 2 amide bonds. The van der Waals surface area contributed by atoms with Crippen molar-refractivity contribution in [2.24, 2.45) is 0 Å². The Balaban J connectivity index is 1.38. The van der Waals surface area contributed by atoms with E-state index in [0.717, 1.165) is 24.2 Å². The van der Waals surface area contributed by atoms with Crippen LogP contribution in [0.1, 0.15) is 50.7 Å². The minimum absolute atomic E-state index is 0.00765. The summed E-state index contributed by atoms with van der Waals surface area (Å²) in [5.74, 6) is -0.652. The molecule has 26 heavy (non-hydrogen) atoms. The van der Waals surface area contributed by atoms with E-state index in [1.807, 2.05) is 6.07 Å². The molecule has 0 bridgehead atoms. The standard InChI is InChI=1S/C21H22N2O3/c24-15(12-22-19-11-5-7-14-6-1-2-8-16(14)19)13-23-20(25)17-9-3-4-10-18(17)21(23)26/h1-4,6,8-10,15,19,22,24H,5,7,11-13H2. The number of nitrogens with one attached hydrogen (secondary N) is 1. The molecule has 134 valence electrons. The number of fused-ring (bicyclic) bond motifs is 2. The van der Waals surface area contributed by atoms with Gasteiger partial charge in [0.15, 0.2) is 0 Å². The van der Waals surface area contributed by atoms with E-state index in [4.69, 9.17) is 0 Å². The monoisotopic (exact) mass is 350 g/mol. The lowest BCUT2D eigenvalue weighted by Gasteiger charge is -2.28. The van der Waals surface area contributed by atoms with Crippen molar-refractivity contribution in [2.45, 2.75) is 31.4 Å². The lowest BCUT2D eigenvalue weighted by atomic mass is 9.88. The van der Waals surface area contributed by atoms with Crippen molar-refractivity contribution in [1.29, 1.82) is 0 Å². The molecule has 0 spiro atoms. The number of carbonyl (C=O) groups excluding carboxylic acids is 2. The summed E-state index contributed by atoms with van der Waals surface area (Å²) < 4.78 is 0. The summed E-state index contributed by atoms with van der Waals surface area (Å²) in [6.45, 7) is 0.347. The van der Waals surface area contributed by atoms with Gasteiger partial charge in [-0.15, -0.1) is 0 Å². The normalized spacial score (nSPS) is 20.0. The maximum absolute atomic E-state index is 12.4. The number of rotatable bonds is 5. The molecule has 2 N–H and O–H groups in total. The van der Waals surface area contributed by atoms with Crippen LogP contribution < -0.4 is 5.32 Å². The highest BCUT2D eigenvalue weighted by Gasteiger charge is 2.36. The molecular formula is C21H22N2O3. The van der Waals surface area contributed by atoms with Crippen LogP contribution in [0.3, 0.4) is 0 Å². The first-order valence-corrected chi connectivity index (χ1v) is 9.09. The fraction of sp³-hybridized carbons (Fsp3) is 0.333. The van der Waals surface area contributed by atoms with Crippen molar-refractivity contribution in [3.63, 3.8) is 0 Å². The van der Waals surface area contributed by atoms with Gasteiger partial charge in [0.05, 0.1) is 23.8 Å². The van der Waals surface area contributed by atoms with E-state index in [1.54, 1.807) is 24.3 Å². The SMILES string of the molecule is O=C1c2ccccc2C(=O)N1CC(O)CNC1CCCc2ccccc21. The third-order valence-corrected chi connectivity index (χ3v) is 5.24. The van der Waals surface area contributed by atoms with Gasteiger partial charge in [0.1, 0.15) is 0 Å². The maximum Gasteiger partial charge on any atom is 0.261 e. The first-order chi connectivity index (χ1) is 12.6. The Hall–Kier alpha value is -2.50. The number of carbonyl (C=O) groups is 2. The molecule has 2 aliphatic rings. The molecule has 5 heteroatoms. The number of aryl methyl sites for hydroxylation is 1. The van der Waals surface area contributed by atoms with Crippen molar-refractivity contribution in [2.75, 3.05) is 13.1 Å². The molecule has 0 saturated heterocycles. The first-order valence-electron chi connectivity index (χ1n) is 9.09. The van der Waals surface area contributed by atoms with Crippen LogP contribution in [0.5, 0.6) is 0 Å². The van der Waals surface area contributed by atoms with E-state index < -0.39 is 6.10 Å². The molecule has 0 fully saturated rings. The van der Waals surface area contributed by atoms with Crippen molar-refractivity contribution >= 4 is 11.8 Å². The Morgan fingerprint density at radius 1 is 1.04 bits per heavy atom. The minimum atomic E-state index is -0.800. The molecule has 0 saturated carbocycles. The molecule has 1 heterocycles. The number of nitrogens with zero attached hydrogens (tertiary/aromatic N) is 1. The van der Waals surface area contributed by atoms with Gasteiger partial charge in [0.25, 0.3) is 11.8 Å². The third kappa shape index (κ3) is 3.04. The van der Waals surface area contributed by atoms with Gasteiger partial charge in [-0.25, -0.2) is 0 Å². The van der Waals surface area contributed by atoms with Gasteiger partial charge >= 0.3 is 0 Å². The van der Waals surface area contributed by atoms with Crippen LogP contribution in [0, 0.1) is 0 Å². The first kappa shape index (κ1) is 16.9. The molecule has 1 aliphatic heterocycles. The van der Waals surface area contributed by atoms with Crippen molar-refractivity contribution < 1.29 is 14.7 Å². The van der Waals surface area contributed by atoms with Crippen LogP contribution in [0.25, 0.3) is 0 Å². The Kier molecular flexibility index (Phi) is 4.57. The second-order valence-corrected chi connectivity index (χ2v) is 6.97. The van der Waals surface area contributed by atoms with Crippen LogP contribution in [0.4, 0.5) is 0 Å². The number of aliphatic hydroxyl groups excluding tert-OH is 1. The zero-order chi connectivity index (χ0) is 18.1. The number of β-amino-alcohol motifs (C(OH)–C–C–N with tert-alkyl or cyclic N) is 1. The van der Waals surface area contributed by atoms with E-state index in [9.17, 15) is 14.7 Å². The molecule has 1 aliphatic carbocycles. The minimum Gasteiger partial charge on any atom is -0.390 e. The molecule has 4 rings (SSSR count). The third-order valence-electron chi connectivity index (χ3n) is 5.24. The molecule has 2 aromatic carbocycles. The number of amides is 2. The average Bonchev–Trinajstić information content (AvgIpc) is 2.91. The van der Waals surface area contributed by atoms with Gasteiger partial charge in [-0.05, 0) is 42.5 Å². The van der Waals surface area contributed by atoms with Crippen LogP contribution in [0.2, 0.25) is 0 Å². The zero-order valence-electron chi connectivity index (χ0n) is 14.5. The zero-order valence-corrected chi connectivity index (χ0v) is 14.5. The van der Waals surface area contributed by atoms with Gasteiger partial charge in [0, 0.05) is 12.6 Å². The summed E-state index contributed by atoms with van der Waals surface area (Å²) in [4.78, 5) is 25.9. The van der Waals surface area contributed by atoms with Crippen LogP contribution in [0.15, 0.2) is 48.5 Å². The number of hydrogen-bond donors (Lipinski definition) is 2. The van der Waals surface area contributed by atoms with Gasteiger partial charge in [-0.1, -0.05) is 36.4 Å². The van der Waals surface area contributed by atoms with Gasteiger partial charge < -0.3 is 10.4 Å². The van der Waals surface area contributed by atoms with Crippen LogP contribution in [-0.4, -0.2) is 41.0 Å². The summed E-state index contributed by atoms with van der Waals surface area (Å²) in [5.41, 5.74) is 3.47. The predicted octanol–water partition coefficient (Wildman–Crippen LogP) is 2.31. The highest BCUT2D eigenvalue weighted by molar-refractivity contribution is 6.21. The molecule has 0 radical (unpaired) electrons.